The summed E-state index contributed by atoms with van der Waals surface area (Å²) in [7, 11) is 0. The molecule has 17 nitrogen and oxygen atoms in total. The molecule has 0 aromatic rings. The van der Waals surface area contributed by atoms with Crippen molar-refractivity contribution in [2.75, 3.05) is 19.8 Å². The second-order valence-electron chi connectivity index (χ2n) is 10.3. The van der Waals surface area contributed by atoms with Crippen molar-refractivity contribution in [1.82, 2.24) is 0 Å². The van der Waals surface area contributed by atoms with Crippen LogP contribution < -0.4 is 0 Å². The largest absolute Gasteiger partial charge is 0.393 e. The lowest BCUT2D eigenvalue weighted by molar-refractivity contribution is -0.374. The van der Waals surface area contributed by atoms with Crippen LogP contribution in [0.2, 0.25) is 0 Å². The summed E-state index contributed by atoms with van der Waals surface area (Å²) in [5.41, 5.74) is -1.95. The number of rotatable bonds is 7. The zero-order valence-corrected chi connectivity index (χ0v) is 21.2. The normalized spacial score (nSPS) is 55.1. The topological polar surface area (TPSA) is 267 Å². The first kappa shape index (κ1) is 31.3. The number of ether oxygens (including phenoxy) is 7. The van der Waals surface area contributed by atoms with Gasteiger partial charge in [-0.2, -0.15) is 0 Å². The van der Waals surface area contributed by atoms with E-state index in [0.717, 1.165) is 0 Å². The molecule has 0 aliphatic carbocycles. The third kappa shape index (κ3) is 6.11. The lowest BCUT2D eigenvalue weighted by Crippen LogP contribution is -2.64. The Bertz CT molecular complexity index is 807. The highest BCUT2D eigenvalue weighted by Gasteiger charge is 2.53. The minimum atomic E-state index is -1.95. The molecule has 0 radical (unpaired) electrons. The molecular formula is C22H38O17. The van der Waals surface area contributed by atoms with Crippen LogP contribution in [0.5, 0.6) is 0 Å². The summed E-state index contributed by atoms with van der Waals surface area (Å²) >= 11 is 0. The fraction of sp³-hybridized carbons (Fsp3) is 1.00. The van der Waals surface area contributed by atoms with E-state index in [0.29, 0.717) is 0 Å². The number of hydrogen-bond acceptors (Lipinski definition) is 17. The molecule has 0 saturated carbocycles. The van der Waals surface area contributed by atoms with Crippen molar-refractivity contribution in [2.24, 2.45) is 0 Å². The maximum Gasteiger partial charge on any atom is 0.187 e. The molecule has 0 aromatic heterocycles. The number of aliphatic hydroxyl groups is 10. The molecule has 4 saturated heterocycles. The summed E-state index contributed by atoms with van der Waals surface area (Å²) < 4.78 is 37.7. The Morgan fingerprint density at radius 3 is 1.92 bits per heavy atom. The van der Waals surface area contributed by atoms with E-state index in [2.05, 4.69) is 0 Å². The Labute approximate surface area is 222 Å². The first-order valence-electron chi connectivity index (χ1n) is 12.6. The van der Waals surface area contributed by atoms with Crippen LogP contribution in [0.25, 0.3) is 0 Å². The summed E-state index contributed by atoms with van der Waals surface area (Å²) in [6.07, 6.45) is -23.6. The van der Waals surface area contributed by atoms with Gasteiger partial charge in [-0.05, 0) is 13.8 Å². The van der Waals surface area contributed by atoms with E-state index >= 15 is 0 Å². The van der Waals surface area contributed by atoms with Crippen LogP contribution in [-0.2, 0) is 33.2 Å². The Morgan fingerprint density at radius 1 is 0.667 bits per heavy atom. The lowest BCUT2D eigenvalue weighted by atomic mass is 9.97. The van der Waals surface area contributed by atoms with Crippen molar-refractivity contribution >= 4 is 0 Å². The molecule has 39 heavy (non-hydrogen) atoms. The van der Waals surface area contributed by atoms with Gasteiger partial charge in [0.05, 0.1) is 32.0 Å². The van der Waals surface area contributed by atoms with E-state index in [1.165, 1.54) is 13.8 Å². The number of hydrogen-bond donors (Lipinski definition) is 10. The van der Waals surface area contributed by atoms with Gasteiger partial charge in [-0.25, -0.2) is 0 Å². The van der Waals surface area contributed by atoms with Crippen molar-refractivity contribution in [3.05, 3.63) is 0 Å². The summed E-state index contributed by atoms with van der Waals surface area (Å²) in [5.74, 6) is 0. The minimum Gasteiger partial charge on any atom is -0.393 e. The first-order chi connectivity index (χ1) is 18.3. The molecule has 10 N–H and O–H groups in total. The molecule has 0 amide bonds. The molecule has 0 bridgehead atoms. The van der Waals surface area contributed by atoms with Gasteiger partial charge in [-0.1, -0.05) is 0 Å². The van der Waals surface area contributed by atoms with Gasteiger partial charge in [0.15, 0.2) is 25.2 Å². The van der Waals surface area contributed by atoms with Gasteiger partial charge in [0, 0.05) is 0 Å². The predicted molar refractivity (Wildman–Crippen MR) is 119 cm³/mol. The van der Waals surface area contributed by atoms with Gasteiger partial charge in [0.25, 0.3) is 0 Å². The molecule has 4 aliphatic heterocycles. The summed E-state index contributed by atoms with van der Waals surface area (Å²) in [5, 5.41) is 102. The molecule has 0 aromatic carbocycles. The van der Waals surface area contributed by atoms with Gasteiger partial charge in [-0.15, -0.1) is 0 Å². The fourth-order valence-corrected chi connectivity index (χ4v) is 4.87. The van der Waals surface area contributed by atoms with E-state index in [-0.39, 0.29) is 6.61 Å². The van der Waals surface area contributed by atoms with E-state index in [4.69, 9.17) is 33.2 Å². The molecular weight excluding hydrogens is 536 g/mol. The maximum atomic E-state index is 10.7. The molecule has 4 fully saturated rings. The maximum absolute atomic E-state index is 10.7. The first-order valence-corrected chi connectivity index (χ1v) is 12.6. The lowest BCUT2D eigenvalue weighted by Gasteiger charge is -2.46. The highest BCUT2D eigenvalue weighted by Crippen LogP contribution is 2.32. The quantitative estimate of drug-likeness (QED) is 0.135. The molecule has 17 atom stereocenters. The third-order valence-corrected chi connectivity index (χ3v) is 7.48. The fourth-order valence-electron chi connectivity index (χ4n) is 4.87. The van der Waals surface area contributed by atoms with Crippen molar-refractivity contribution in [3.8, 4) is 0 Å². The van der Waals surface area contributed by atoms with Crippen LogP contribution in [-0.4, -0.2) is 175 Å². The third-order valence-electron chi connectivity index (χ3n) is 7.48. The Balaban J connectivity index is 1.33. The second-order valence-corrected chi connectivity index (χ2v) is 10.3. The second kappa shape index (κ2) is 12.3. The molecule has 4 rings (SSSR count). The van der Waals surface area contributed by atoms with Crippen molar-refractivity contribution in [2.45, 2.75) is 118 Å². The highest BCUT2D eigenvalue weighted by molar-refractivity contribution is 4.96. The van der Waals surface area contributed by atoms with Gasteiger partial charge in [0.2, 0.25) is 0 Å². The Kier molecular flexibility index (Phi) is 9.84. The van der Waals surface area contributed by atoms with Crippen molar-refractivity contribution in [3.63, 3.8) is 0 Å². The monoisotopic (exact) mass is 574 g/mol. The minimum absolute atomic E-state index is 0.377. The van der Waals surface area contributed by atoms with Crippen LogP contribution in [0.15, 0.2) is 0 Å². The molecule has 4 heterocycles. The molecule has 4 aliphatic rings. The van der Waals surface area contributed by atoms with Crippen LogP contribution in [0.1, 0.15) is 13.8 Å². The van der Waals surface area contributed by atoms with Crippen LogP contribution >= 0.6 is 0 Å². The Hall–Kier alpha value is -0.680. The van der Waals surface area contributed by atoms with Gasteiger partial charge >= 0.3 is 0 Å². The average Bonchev–Trinajstić information content (AvgIpc) is 3.18. The SMILES string of the molecule is C[C@@H]1O[C@@H](O[C@@H]2[C@@H](O)[C@@H](O)[C@@H](C)O[C@H]2O)[C@H](O)[C@H](O)[C@H]1O[C@@H]1OC[C@@H](O[C@@H]2OC[C@](O)(CO)[C@H]2O)[C@H](O)[C@H]1O. The summed E-state index contributed by atoms with van der Waals surface area (Å²) in [6.45, 7) is 1.27. The molecule has 228 valence electrons. The average molecular weight is 575 g/mol. The van der Waals surface area contributed by atoms with Crippen molar-refractivity contribution in [1.29, 1.82) is 0 Å². The smallest absolute Gasteiger partial charge is 0.187 e. The van der Waals surface area contributed by atoms with Crippen molar-refractivity contribution < 1.29 is 84.2 Å². The summed E-state index contributed by atoms with van der Waals surface area (Å²) in [6, 6.07) is 0. The molecule has 17 heteroatoms. The van der Waals surface area contributed by atoms with Crippen LogP contribution in [0, 0.1) is 0 Å². The van der Waals surface area contributed by atoms with Gasteiger partial charge in [0.1, 0.15) is 66.6 Å². The number of aliphatic hydroxyl groups excluding tert-OH is 9. The zero-order chi connectivity index (χ0) is 28.8. The van der Waals surface area contributed by atoms with E-state index in [1.807, 2.05) is 0 Å². The van der Waals surface area contributed by atoms with Crippen LogP contribution in [0.4, 0.5) is 0 Å². The Morgan fingerprint density at radius 2 is 1.28 bits per heavy atom. The van der Waals surface area contributed by atoms with Crippen LogP contribution in [0.3, 0.4) is 0 Å². The van der Waals surface area contributed by atoms with E-state index in [1.54, 1.807) is 0 Å². The van der Waals surface area contributed by atoms with Gasteiger partial charge in [-0.3, -0.25) is 0 Å². The molecule has 0 unspecified atom stereocenters. The summed E-state index contributed by atoms with van der Waals surface area (Å²) in [4.78, 5) is 0. The van der Waals surface area contributed by atoms with Gasteiger partial charge < -0.3 is 84.2 Å². The molecule has 0 spiro atoms. The van der Waals surface area contributed by atoms with E-state index in [9.17, 15) is 51.1 Å². The van der Waals surface area contributed by atoms with E-state index < -0.39 is 117 Å². The highest BCUT2D eigenvalue weighted by atomic mass is 16.8. The predicted octanol–water partition coefficient (Wildman–Crippen LogP) is -6.41. The zero-order valence-electron chi connectivity index (χ0n) is 21.2. The standard InChI is InChI=1S/C22H38O17/c1-6-9(24)11(26)16(18(31)35-6)39-20-14(29)12(27)15(7(2)36-20)38-19-13(28)10(25)8(3-33-19)37-21-17(30)22(32,4-23)5-34-21/h6-21,23-32H,3-5H2,1-2H3/t6-,7+,8-,9+,10+,11+,12+,13-,14-,15+,16-,17+,18-,19+,20+,21+,22-/m1/s1.